The van der Waals surface area contributed by atoms with Gasteiger partial charge in [0.25, 0.3) is 5.88 Å². The van der Waals surface area contributed by atoms with Crippen molar-refractivity contribution in [3.63, 3.8) is 0 Å². The number of hydrogen-bond acceptors (Lipinski definition) is 6. The summed E-state index contributed by atoms with van der Waals surface area (Å²) in [5, 5.41) is 20.0. The number of aromatic amines is 1. The van der Waals surface area contributed by atoms with E-state index >= 15 is 0 Å². The van der Waals surface area contributed by atoms with Crippen LogP contribution in [0.15, 0.2) is 29.1 Å². The maximum atomic E-state index is 11.5. The van der Waals surface area contributed by atoms with Gasteiger partial charge in [0.1, 0.15) is 11.6 Å². The van der Waals surface area contributed by atoms with E-state index in [0.29, 0.717) is 0 Å². The van der Waals surface area contributed by atoms with Crippen LogP contribution in [0, 0.1) is 10.1 Å². The van der Waals surface area contributed by atoms with Crippen molar-refractivity contribution in [3.8, 4) is 11.6 Å². The van der Waals surface area contributed by atoms with Gasteiger partial charge in [-0.15, -0.1) is 0 Å². The third-order valence-corrected chi connectivity index (χ3v) is 2.76. The molecule has 0 atom stereocenters. The summed E-state index contributed by atoms with van der Waals surface area (Å²) in [6.45, 7) is 3.85. The molecule has 1 heterocycles. The first-order valence-electron chi connectivity index (χ1n) is 6.79. The number of rotatable bonds is 5. The minimum absolute atomic E-state index is 0.0145. The zero-order chi connectivity index (χ0) is 17.0. The van der Waals surface area contributed by atoms with Gasteiger partial charge >= 0.3 is 11.2 Å². The molecule has 2 rings (SSSR count). The van der Waals surface area contributed by atoms with Gasteiger partial charge in [0.2, 0.25) is 0 Å². The SMILES string of the molecule is CC(C)Oc1ccc(C=Cc2nc(O)c([N+](=O)[O-])c(=O)[nH]2)cc1. The largest absolute Gasteiger partial charge is 0.491 e. The zero-order valence-electron chi connectivity index (χ0n) is 12.5. The van der Waals surface area contributed by atoms with Crippen LogP contribution in [-0.2, 0) is 0 Å². The van der Waals surface area contributed by atoms with Crippen molar-refractivity contribution in [2.75, 3.05) is 0 Å². The lowest BCUT2D eigenvalue weighted by molar-refractivity contribution is -0.387. The van der Waals surface area contributed by atoms with Crippen molar-refractivity contribution in [2.45, 2.75) is 20.0 Å². The molecule has 0 unspecified atom stereocenters. The van der Waals surface area contributed by atoms with Crippen LogP contribution in [0.3, 0.4) is 0 Å². The highest BCUT2D eigenvalue weighted by atomic mass is 16.6. The third kappa shape index (κ3) is 4.16. The van der Waals surface area contributed by atoms with E-state index < -0.39 is 22.0 Å². The Balaban J connectivity index is 2.20. The van der Waals surface area contributed by atoms with E-state index in [1.54, 1.807) is 30.3 Å². The quantitative estimate of drug-likeness (QED) is 0.645. The average molecular weight is 317 g/mol. The maximum absolute atomic E-state index is 11.5. The number of nitrogens with zero attached hydrogens (tertiary/aromatic N) is 2. The Bertz CT molecular complexity index is 794. The monoisotopic (exact) mass is 317 g/mol. The smallest absolute Gasteiger partial charge is 0.395 e. The molecule has 0 aliphatic rings. The fraction of sp³-hybridized carbons (Fsp3) is 0.200. The first kappa shape index (κ1) is 16.2. The molecule has 23 heavy (non-hydrogen) atoms. The number of ether oxygens (including phenoxy) is 1. The molecule has 1 aromatic carbocycles. The molecular formula is C15H15N3O5. The number of aromatic hydroxyl groups is 1. The van der Waals surface area contributed by atoms with Crippen LogP contribution in [0.25, 0.3) is 12.2 Å². The topological polar surface area (TPSA) is 118 Å². The molecule has 0 radical (unpaired) electrons. The van der Waals surface area contributed by atoms with E-state index in [4.69, 9.17) is 4.74 Å². The van der Waals surface area contributed by atoms with Gasteiger partial charge in [0, 0.05) is 0 Å². The number of benzene rings is 1. The molecule has 0 aliphatic carbocycles. The molecule has 8 heteroatoms. The number of nitrogens with one attached hydrogen (secondary N) is 1. The summed E-state index contributed by atoms with van der Waals surface area (Å²) in [4.78, 5) is 26.9. The van der Waals surface area contributed by atoms with E-state index in [2.05, 4.69) is 9.97 Å². The zero-order valence-corrected chi connectivity index (χ0v) is 12.5. The molecule has 0 saturated heterocycles. The minimum Gasteiger partial charge on any atom is -0.491 e. The molecule has 0 bridgehead atoms. The summed E-state index contributed by atoms with van der Waals surface area (Å²) in [6, 6.07) is 7.20. The Hall–Kier alpha value is -3.16. The van der Waals surface area contributed by atoms with E-state index in [-0.39, 0.29) is 11.9 Å². The van der Waals surface area contributed by atoms with E-state index in [1.807, 2.05) is 13.8 Å². The van der Waals surface area contributed by atoms with E-state index in [1.165, 1.54) is 6.08 Å². The van der Waals surface area contributed by atoms with Crippen molar-refractivity contribution < 1.29 is 14.8 Å². The van der Waals surface area contributed by atoms with Crippen molar-refractivity contribution in [1.29, 1.82) is 0 Å². The van der Waals surface area contributed by atoms with Crippen LogP contribution >= 0.6 is 0 Å². The first-order valence-corrected chi connectivity index (χ1v) is 6.79. The normalized spacial score (nSPS) is 11.1. The predicted molar refractivity (Wildman–Crippen MR) is 84.3 cm³/mol. The molecule has 0 amide bonds. The Morgan fingerprint density at radius 3 is 2.48 bits per heavy atom. The highest BCUT2D eigenvalue weighted by molar-refractivity contribution is 5.67. The number of hydrogen-bond donors (Lipinski definition) is 2. The highest BCUT2D eigenvalue weighted by Crippen LogP contribution is 2.18. The fourth-order valence-corrected chi connectivity index (χ4v) is 1.82. The maximum Gasteiger partial charge on any atom is 0.395 e. The van der Waals surface area contributed by atoms with Crippen molar-refractivity contribution >= 4 is 17.8 Å². The molecule has 8 nitrogen and oxygen atoms in total. The number of nitro groups is 1. The second-order valence-corrected chi connectivity index (χ2v) is 4.95. The standard InChI is InChI=1S/C15H15N3O5/c1-9(2)23-11-6-3-10(4-7-11)5-8-12-16-14(19)13(18(21)22)15(20)17-12/h3-9H,1-2H3,(H2,16,17,19,20). The van der Waals surface area contributed by atoms with Gasteiger partial charge in [-0.05, 0) is 37.6 Å². The highest BCUT2D eigenvalue weighted by Gasteiger charge is 2.21. The number of aromatic nitrogens is 2. The summed E-state index contributed by atoms with van der Waals surface area (Å²) >= 11 is 0. The summed E-state index contributed by atoms with van der Waals surface area (Å²) in [5.74, 6) is -0.170. The molecular weight excluding hydrogens is 302 g/mol. The van der Waals surface area contributed by atoms with Gasteiger partial charge in [-0.3, -0.25) is 14.9 Å². The Morgan fingerprint density at radius 1 is 1.30 bits per heavy atom. The molecule has 0 aliphatic heterocycles. The molecule has 0 saturated carbocycles. The Kier molecular flexibility index (Phi) is 4.75. The fourth-order valence-electron chi connectivity index (χ4n) is 1.82. The summed E-state index contributed by atoms with van der Waals surface area (Å²) < 4.78 is 5.52. The van der Waals surface area contributed by atoms with Gasteiger partial charge in [0.05, 0.1) is 11.0 Å². The van der Waals surface area contributed by atoms with Gasteiger partial charge in [-0.1, -0.05) is 18.2 Å². The van der Waals surface area contributed by atoms with E-state index in [0.717, 1.165) is 11.3 Å². The van der Waals surface area contributed by atoms with Crippen LogP contribution in [-0.4, -0.2) is 26.1 Å². The minimum atomic E-state index is -1.01. The van der Waals surface area contributed by atoms with Crippen molar-refractivity contribution in [2.24, 2.45) is 0 Å². The van der Waals surface area contributed by atoms with Gasteiger partial charge in [0.15, 0.2) is 0 Å². The second kappa shape index (κ2) is 6.73. The second-order valence-electron chi connectivity index (χ2n) is 4.95. The van der Waals surface area contributed by atoms with Crippen molar-refractivity contribution in [3.05, 3.63) is 56.1 Å². The number of H-pyrrole nitrogens is 1. The van der Waals surface area contributed by atoms with Crippen LogP contribution in [0.1, 0.15) is 25.2 Å². The molecule has 1 aromatic heterocycles. The Labute approximate surface area is 131 Å². The molecule has 2 N–H and O–H groups in total. The van der Waals surface area contributed by atoms with Crippen LogP contribution in [0.2, 0.25) is 0 Å². The molecule has 120 valence electrons. The van der Waals surface area contributed by atoms with Gasteiger partial charge < -0.3 is 14.8 Å². The van der Waals surface area contributed by atoms with Crippen LogP contribution in [0.5, 0.6) is 11.6 Å². The molecule has 0 spiro atoms. The summed E-state index contributed by atoms with van der Waals surface area (Å²) in [7, 11) is 0. The first-order chi connectivity index (χ1) is 10.9. The molecule has 0 fully saturated rings. The van der Waals surface area contributed by atoms with Gasteiger partial charge in [-0.2, -0.15) is 4.98 Å². The lowest BCUT2D eigenvalue weighted by Crippen LogP contribution is -2.14. The summed E-state index contributed by atoms with van der Waals surface area (Å²) in [6.07, 6.45) is 3.15. The van der Waals surface area contributed by atoms with E-state index in [9.17, 15) is 20.0 Å². The Morgan fingerprint density at radius 2 is 1.96 bits per heavy atom. The lowest BCUT2D eigenvalue weighted by Gasteiger charge is -2.09. The van der Waals surface area contributed by atoms with Gasteiger partial charge in [-0.25, -0.2) is 0 Å². The third-order valence-electron chi connectivity index (χ3n) is 2.76. The lowest BCUT2D eigenvalue weighted by atomic mass is 10.2. The van der Waals surface area contributed by atoms with Crippen LogP contribution < -0.4 is 10.3 Å². The van der Waals surface area contributed by atoms with Crippen LogP contribution in [0.4, 0.5) is 5.69 Å². The average Bonchev–Trinajstić information content (AvgIpc) is 2.45. The predicted octanol–water partition coefficient (Wildman–Crippen LogP) is 2.34. The van der Waals surface area contributed by atoms with Crippen molar-refractivity contribution in [1.82, 2.24) is 9.97 Å². The molecule has 2 aromatic rings. The summed E-state index contributed by atoms with van der Waals surface area (Å²) in [5.41, 5.74) is -1.18.